The Balaban J connectivity index is 2.21. The van der Waals surface area contributed by atoms with Crippen molar-refractivity contribution in [3.63, 3.8) is 0 Å². The Kier molecular flexibility index (Phi) is 4.60. The second-order valence-electron chi connectivity index (χ2n) is 4.78. The van der Waals surface area contributed by atoms with Crippen molar-refractivity contribution in [2.75, 3.05) is 19.7 Å². The first-order valence-corrected chi connectivity index (χ1v) is 7.12. The third kappa shape index (κ3) is 3.09. The number of likely N-dealkylation sites (tertiary alicyclic amines) is 1. The Morgan fingerprint density at radius 2 is 2.06 bits per heavy atom. The van der Waals surface area contributed by atoms with E-state index < -0.39 is 0 Å². The third-order valence-corrected chi connectivity index (χ3v) is 4.44. The minimum atomic E-state index is 0.260. The van der Waals surface area contributed by atoms with E-state index in [1.54, 1.807) is 0 Å². The summed E-state index contributed by atoms with van der Waals surface area (Å²) in [4.78, 5) is 2.50. The molecule has 1 aromatic carbocycles. The van der Waals surface area contributed by atoms with Gasteiger partial charge in [0.2, 0.25) is 0 Å². The molecule has 94 valence electrons. The Bertz CT molecular complexity index is 374. The molecule has 1 N–H and O–H groups in total. The first kappa shape index (κ1) is 13.1. The van der Waals surface area contributed by atoms with Crippen molar-refractivity contribution in [1.82, 2.24) is 4.90 Å². The summed E-state index contributed by atoms with van der Waals surface area (Å²) >= 11 is 3.54. The van der Waals surface area contributed by atoms with Crippen molar-refractivity contribution in [1.29, 1.82) is 0 Å². The lowest BCUT2D eigenvalue weighted by Crippen LogP contribution is -2.26. The average molecular weight is 298 g/mol. The molecule has 0 radical (unpaired) electrons. The molecule has 0 amide bonds. The van der Waals surface area contributed by atoms with Crippen LogP contribution in [0.15, 0.2) is 22.7 Å². The fourth-order valence-corrected chi connectivity index (χ4v) is 2.86. The van der Waals surface area contributed by atoms with Gasteiger partial charge in [-0.1, -0.05) is 28.1 Å². The number of halogens is 1. The minimum Gasteiger partial charge on any atom is -0.396 e. The zero-order chi connectivity index (χ0) is 12.3. The summed E-state index contributed by atoms with van der Waals surface area (Å²) in [5, 5.41) is 9.25. The number of aliphatic hydroxyl groups excluding tert-OH is 1. The van der Waals surface area contributed by atoms with Crippen LogP contribution in [0, 0.1) is 6.92 Å². The highest BCUT2D eigenvalue weighted by atomic mass is 79.9. The molecule has 1 fully saturated rings. The maximum Gasteiger partial charge on any atom is 0.0449 e. The van der Waals surface area contributed by atoms with Gasteiger partial charge in [-0.3, -0.25) is 4.90 Å². The molecule has 1 aliphatic heterocycles. The van der Waals surface area contributed by atoms with Crippen LogP contribution >= 0.6 is 15.9 Å². The number of benzene rings is 1. The zero-order valence-corrected chi connectivity index (χ0v) is 11.9. The molecule has 0 aromatic heterocycles. The van der Waals surface area contributed by atoms with Crippen molar-refractivity contribution in [3.05, 3.63) is 33.8 Å². The first-order chi connectivity index (χ1) is 8.22. The molecule has 17 heavy (non-hydrogen) atoms. The van der Waals surface area contributed by atoms with Crippen molar-refractivity contribution < 1.29 is 5.11 Å². The fourth-order valence-electron chi connectivity index (χ4n) is 2.61. The summed E-state index contributed by atoms with van der Waals surface area (Å²) in [7, 11) is 0. The molecule has 0 saturated carbocycles. The topological polar surface area (TPSA) is 23.5 Å². The van der Waals surface area contributed by atoms with Gasteiger partial charge in [0.15, 0.2) is 0 Å². The molecular weight excluding hydrogens is 278 g/mol. The van der Waals surface area contributed by atoms with Gasteiger partial charge in [-0.2, -0.15) is 0 Å². The second kappa shape index (κ2) is 5.98. The fraction of sp³-hybridized carbons (Fsp3) is 0.571. The summed E-state index contributed by atoms with van der Waals surface area (Å²) in [5.74, 6) is 0. The highest BCUT2D eigenvalue weighted by Crippen LogP contribution is 2.30. The lowest BCUT2D eigenvalue weighted by molar-refractivity contribution is 0.185. The van der Waals surface area contributed by atoms with Crippen molar-refractivity contribution >= 4 is 15.9 Å². The molecule has 0 bridgehead atoms. The Hall–Kier alpha value is -0.380. The van der Waals surface area contributed by atoms with Gasteiger partial charge in [-0.05, 0) is 56.5 Å². The van der Waals surface area contributed by atoms with Crippen LogP contribution < -0.4 is 0 Å². The van der Waals surface area contributed by atoms with Crippen LogP contribution in [-0.2, 0) is 0 Å². The minimum absolute atomic E-state index is 0.260. The standard InChI is InChI=1S/C14H20BrNO/c1-11-10-12(4-5-13(11)15)14(6-9-17)16-7-2-3-8-16/h4-5,10,14,17H,2-3,6-9H2,1H3. The van der Waals surface area contributed by atoms with E-state index in [4.69, 9.17) is 0 Å². The highest BCUT2D eigenvalue weighted by molar-refractivity contribution is 9.10. The third-order valence-electron chi connectivity index (χ3n) is 3.55. The summed E-state index contributed by atoms with van der Waals surface area (Å²) in [6.45, 7) is 4.71. The highest BCUT2D eigenvalue weighted by Gasteiger charge is 2.23. The molecule has 0 aliphatic carbocycles. The number of aryl methyl sites for hydroxylation is 1. The smallest absolute Gasteiger partial charge is 0.0449 e. The number of hydrogen-bond donors (Lipinski definition) is 1. The maximum atomic E-state index is 9.25. The molecular formula is C14H20BrNO. The number of aliphatic hydroxyl groups is 1. The van der Waals surface area contributed by atoms with E-state index >= 15 is 0 Å². The summed E-state index contributed by atoms with van der Waals surface area (Å²) < 4.78 is 1.16. The largest absolute Gasteiger partial charge is 0.396 e. The van der Waals surface area contributed by atoms with Crippen LogP contribution in [0.25, 0.3) is 0 Å². The van der Waals surface area contributed by atoms with Gasteiger partial charge in [0.1, 0.15) is 0 Å². The Labute approximate surface area is 112 Å². The molecule has 1 aliphatic rings. The second-order valence-corrected chi connectivity index (χ2v) is 5.63. The van der Waals surface area contributed by atoms with E-state index in [2.05, 4.69) is 46.0 Å². The molecule has 1 unspecified atom stereocenters. The zero-order valence-electron chi connectivity index (χ0n) is 10.3. The Morgan fingerprint density at radius 1 is 1.35 bits per heavy atom. The van der Waals surface area contributed by atoms with Crippen LogP contribution in [-0.4, -0.2) is 29.7 Å². The predicted octanol–water partition coefficient (Wildman–Crippen LogP) is 3.28. The maximum absolute atomic E-state index is 9.25. The van der Waals surface area contributed by atoms with Crippen LogP contribution in [0.5, 0.6) is 0 Å². The van der Waals surface area contributed by atoms with Crippen molar-refractivity contribution in [2.24, 2.45) is 0 Å². The van der Waals surface area contributed by atoms with E-state index in [-0.39, 0.29) is 6.61 Å². The van der Waals surface area contributed by atoms with Crippen LogP contribution in [0.3, 0.4) is 0 Å². The van der Waals surface area contributed by atoms with Gasteiger partial charge in [-0.15, -0.1) is 0 Å². The van der Waals surface area contributed by atoms with E-state index in [1.165, 1.54) is 37.1 Å². The summed E-state index contributed by atoms with van der Waals surface area (Å²) in [6.07, 6.45) is 3.41. The molecule has 2 nitrogen and oxygen atoms in total. The number of hydrogen-bond acceptors (Lipinski definition) is 2. The molecule has 1 heterocycles. The van der Waals surface area contributed by atoms with Gasteiger partial charge in [-0.25, -0.2) is 0 Å². The number of rotatable bonds is 4. The van der Waals surface area contributed by atoms with Crippen LogP contribution in [0.2, 0.25) is 0 Å². The molecule has 1 saturated heterocycles. The first-order valence-electron chi connectivity index (χ1n) is 6.33. The van der Waals surface area contributed by atoms with Gasteiger partial charge < -0.3 is 5.11 Å². The SMILES string of the molecule is Cc1cc(C(CCO)N2CCCC2)ccc1Br. The normalized spacial score (nSPS) is 18.5. The van der Waals surface area contributed by atoms with Crippen LogP contribution in [0.1, 0.15) is 36.4 Å². The molecule has 2 rings (SSSR count). The van der Waals surface area contributed by atoms with E-state index in [1.807, 2.05) is 0 Å². The monoisotopic (exact) mass is 297 g/mol. The van der Waals surface area contributed by atoms with E-state index in [0.29, 0.717) is 6.04 Å². The van der Waals surface area contributed by atoms with Gasteiger partial charge >= 0.3 is 0 Å². The molecule has 3 heteroatoms. The van der Waals surface area contributed by atoms with Gasteiger partial charge in [0, 0.05) is 17.1 Å². The summed E-state index contributed by atoms with van der Waals surface area (Å²) in [6, 6.07) is 6.91. The van der Waals surface area contributed by atoms with Crippen molar-refractivity contribution in [2.45, 2.75) is 32.2 Å². The summed E-state index contributed by atoms with van der Waals surface area (Å²) in [5.41, 5.74) is 2.60. The lowest BCUT2D eigenvalue weighted by atomic mass is 10.0. The van der Waals surface area contributed by atoms with E-state index in [9.17, 15) is 5.11 Å². The molecule has 1 atom stereocenters. The van der Waals surface area contributed by atoms with Gasteiger partial charge in [0.05, 0.1) is 0 Å². The molecule has 0 spiro atoms. The van der Waals surface area contributed by atoms with E-state index in [0.717, 1.165) is 10.9 Å². The number of nitrogens with zero attached hydrogens (tertiary/aromatic N) is 1. The molecule has 1 aromatic rings. The average Bonchev–Trinajstić information content (AvgIpc) is 2.83. The lowest BCUT2D eigenvalue weighted by Gasteiger charge is -2.27. The van der Waals surface area contributed by atoms with Crippen molar-refractivity contribution in [3.8, 4) is 0 Å². The van der Waals surface area contributed by atoms with Crippen LogP contribution in [0.4, 0.5) is 0 Å². The Morgan fingerprint density at radius 3 is 2.65 bits per heavy atom. The predicted molar refractivity (Wildman–Crippen MR) is 74.1 cm³/mol. The quantitative estimate of drug-likeness (QED) is 0.922. The van der Waals surface area contributed by atoms with Gasteiger partial charge in [0.25, 0.3) is 0 Å².